The molecule has 0 spiro atoms. The molecule has 2 rings (SSSR count). The highest BCUT2D eigenvalue weighted by Crippen LogP contribution is 2.10. The first-order valence-electron chi connectivity index (χ1n) is 7.59. The van der Waals surface area contributed by atoms with E-state index in [2.05, 4.69) is 5.43 Å². The van der Waals surface area contributed by atoms with Gasteiger partial charge in [-0.05, 0) is 11.1 Å². The highest BCUT2D eigenvalue weighted by atomic mass is 16.6. The number of hydrazine groups is 1. The molecule has 0 fully saturated rings. The number of nitrogens with zero attached hydrogens (tertiary/aromatic N) is 1. The molecule has 0 saturated heterocycles. The lowest BCUT2D eigenvalue weighted by Crippen LogP contribution is -2.50. The predicted octanol–water partition coefficient (Wildman–Crippen LogP) is 1.86. The molecule has 0 aliphatic rings. The van der Waals surface area contributed by atoms with Crippen LogP contribution in [0.3, 0.4) is 0 Å². The minimum atomic E-state index is -0.749. The number of nitrogens with two attached hydrogens (primary N) is 1. The van der Waals surface area contributed by atoms with Gasteiger partial charge >= 0.3 is 6.09 Å². The van der Waals surface area contributed by atoms with Gasteiger partial charge in [0.1, 0.15) is 12.6 Å². The van der Waals surface area contributed by atoms with E-state index in [1.54, 1.807) is 0 Å². The van der Waals surface area contributed by atoms with Gasteiger partial charge in [0.25, 0.3) is 5.91 Å². The van der Waals surface area contributed by atoms with Crippen molar-refractivity contribution in [2.24, 2.45) is 5.84 Å². The largest absolute Gasteiger partial charge is 0.445 e. The number of hydrogen-bond donors (Lipinski definition) is 2. The molecule has 0 aliphatic carbocycles. The molecule has 1 atom stereocenters. The fourth-order valence-corrected chi connectivity index (χ4v) is 2.29. The molecule has 2 aromatic rings. The molecule has 6 nitrogen and oxygen atoms in total. The van der Waals surface area contributed by atoms with Crippen LogP contribution in [0.1, 0.15) is 11.1 Å². The van der Waals surface area contributed by atoms with Crippen LogP contribution in [0.4, 0.5) is 4.79 Å². The third kappa shape index (κ3) is 4.82. The van der Waals surface area contributed by atoms with Crippen LogP contribution in [0, 0.1) is 0 Å². The zero-order valence-electron chi connectivity index (χ0n) is 13.5. The minimum Gasteiger partial charge on any atom is -0.445 e. The van der Waals surface area contributed by atoms with Gasteiger partial charge in [0.15, 0.2) is 0 Å². The summed E-state index contributed by atoms with van der Waals surface area (Å²) in [4.78, 5) is 25.6. The van der Waals surface area contributed by atoms with Gasteiger partial charge in [-0.25, -0.2) is 10.6 Å². The van der Waals surface area contributed by atoms with Gasteiger partial charge in [-0.15, -0.1) is 0 Å². The van der Waals surface area contributed by atoms with Crippen molar-refractivity contribution >= 4 is 12.0 Å². The first-order valence-corrected chi connectivity index (χ1v) is 7.59. The summed E-state index contributed by atoms with van der Waals surface area (Å²) in [6.45, 7) is 0.145. The normalized spacial score (nSPS) is 11.4. The maximum absolute atomic E-state index is 12.3. The molecular formula is C18H21N3O3. The first-order chi connectivity index (χ1) is 11.6. The van der Waals surface area contributed by atoms with E-state index in [-0.39, 0.29) is 6.61 Å². The van der Waals surface area contributed by atoms with Crippen molar-refractivity contribution in [3.63, 3.8) is 0 Å². The van der Waals surface area contributed by atoms with Crippen LogP contribution in [0.25, 0.3) is 0 Å². The Balaban J connectivity index is 2.02. The summed E-state index contributed by atoms with van der Waals surface area (Å²) in [5.74, 6) is 4.80. The molecule has 2 aromatic carbocycles. The van der Waals surface area contributed by atoms with E-state index in [1.807, 2.05) is 60.7 Å². The third-order valence-electron chi connectivity index (χ3n) is 3.68. The maximum atomic E-state index is 12.3. The molecule has 0 radical (unpaired) electrons. The predicted molar refractivity (Wildman–Crippen MR) is 90.7 cm³/mol. The Labute approximate surface area is 141 Å². The van der Waals surface area contributed by atoms with Crippen LogP contribution in [0.2, 0.25) is 0 Å². The van der Waals surface area contributed by atoms with Crippen LogP contribution < -0.4 is 11.3 Å². The number of carbonyl (C=O) groups is 2. The highest BCUT2D eigenvalue weighted by molar-refractivity contribution is 5.85. The molecule has 0 bridgehead atoms. The lowest BCUT2D eigenvalue weighted by Gasteiger charge is -2.26. The lowest BCUT2D eigenvalue weighted by atomic mass is 10.0. The summed E-state index contributed by atoms with van der Waals surface area (Å²) in [7, 11) is 1.52. The molecular weight excluding hydrogens is 306 g/mol. The fourth-order valence-electron chi connectivity index (χ4n) is 2.29. The SMILES string of the molecule is CN(C(=O)OCc1ccccc1)[C@@H](Cc1ccccc1)C(=O)NN. The molecule has 0 heterocycles. The zero-order chi connectivity index (χ0) is 17.4. The van der Waals surface area contributed by atoms with E-state index < -0.39 is 18.0 Å². The minimum absolute atomic E-state index is 0.145. The third-order valence-corrected chi connectivity index (χ3v) is 3.68. The van der Waals surface area contributed by atoms with Crippen molar-refractivity contribution in [1.82, 2.24) is 10.3 Å². The molecule has 0 aliphatic heterocycles. The number of ether oxygens (including phenoxy) is 1. The molecule has 0 unspecified atom stereocenters. The summed E-state index contributed by atoms with van der Waals surface area (Å²) in [5.41, 5.74) is 3.91. The Morgan fingerprint density at radius 2 is 1.58 bits per heavy atom. The van der Waals surface area contributed by atoms with E-state index >= 15 is 0 Å². The zero-order valence-corrected chi connectivity index (χ0v) is 13.5. The van der Waals surface area contributed by atoms with Gasteiger partial charge in [-0.1, -0.05) is 60.7 Å². The van der Waals surface area contributed by atoms with Crippen molar-refractivity contribution < 1.29 is 14.3 Å². The average molecular weight is 327 g/mol. The summed E-state index contributed by atoms with van der Waals surface area (Å²) in [6, 6.07) is 18.0. The summed E-state index contributed by atoms with van der Waals surface area (Å²) in [5, 5.41) is 0. The van der Waals surface area contributed by atoms with Crippen LogP contribution >= 0.6 is 0 Å². The second-order valence-electron chi connectivity index (χ2n) is 5.37. The topological polar surface area (TPSA) is 84.7 Å². The molecule has 126 valence electrons. The first kappa shape index (κ1) is 17.5. The number of hydrogen-bond acceptors (Lipinski definition) is 4. The standard InChI is InChI=1S/C18H21N3O3/c1-21(18(23)24-13-15-10-6-3-7-11-15)16(17(22)20-19)12-14-8-4-2-5-9-14/h2-11,16H,12-13,19H2,1H3,(H,20,22)/t16-/m0/s1. The second-order valence-corrected chi connectivity index (χ2v) is 5.37. The Morgan fingerprint density at radius 3 is 2.12 bits per heavy atom. The van der Waals surface area contributed by atoms with E-state index in [9.17, 15) is 9.59 Å². The average Bonchev–Trinajstić information content (AvgIpc) is 2.64. The number of benzene rings is 2. The summed E-state index contributed by atoms with van der Waals surface area (Å²) < 4.78 is 5.27. The van der Waals surface area contributed by atoms with Crippen LogP contribution in [0.15, 0.2) is 60.7 Å². The monoisotopic (exact) mass is 327 g/mol. The molecule has 6 heteroatoms. The van der Waals surface area contributed by atoms with Gasteiger partial charge in [-0.2, -0.15) is 0 Å². The number of amides is 2. The summed E-state index contributed by atoms with van der Waals surface area (Å²) in [6.07, 6.45) is -0.232. The molecule has 0 aromatic heterocycles. The number of likely N-dealkylation sites (N-methyl/N-ethyl adjacent to an activating group) is 1. The molecule has 24 heavy (non-hydrogen) atoms. The molecule has 3 N–H and O–H groups in total. The van der Waals surface area contributed by atoms with Crippen molar-refractivity contribution in [3.05, 3.63) is 71.8 Å². The lowest BCUT2D eigenvalue weighted by molar-refractivity contribution is -0.125. The maximum Gasteiger partial charge on any atom is 0.410 e. The van der Waals surface area contributed by atoms with E-state index in [0.717, 1.165) is 11.1 Å². The quantitative estimate of drug-likeness (QED) is 0.482. The van der Waals surface area contributed by atoms with Crippen LogP contribution in [0.5, 0.6) is 0 Å². The summed E-state index contributed by atoms with van der Waals surface area (Å²) >= 11 is 0. The van der Waals surface area contributed by atoms with Crippen LogP contribution in [-0.2, 0) is 22.6 Å². The highest BCUT2D eigenvalue weighted by Gasteiger charge is 2.27. The van der Waals surface area contributed by atoms with Crippen molar-refractivity contribution in [2.45, 2.75) is 19.1 Å². The Hall–Kier alpha value is -2.86. The number of nitrogens with one attached hydrogen (secondary N) is 1. The van der Waals surface area contributed by atoms with Crippen LogP contribution in [-0.4, -0.2) is 30.0 Å². The number of rotatable bonds is 6. The fraction of sp³-hybridized carbons (Fsp3) is 0.222. The molecule has 2 amide bonds. The van der Waals surface area contributed by atoms with Gasteiger partial charge in [0.2, 0.25) is 0 Å². The van der Waals surface area contributed by atoms with Crippen molar-refractivity contribution in [1.29, 1.82) is 0 Å². The van der Waals surface area contributed by atoms with Gasteiger partial charge in [-0.3, -0.25) is 15.1 Å². The van der Waals surface area contributed by atoms with E-state index in [1.165, 1.54) is 11.9 Å². The van der Waals surface area contributed by atoms with Gasteiger partial charge in [0.05, 0.1) is 0 Å². The van der Waals surface area contributed by atoms with Gasteiger partial charge in [0, 0.05) is 13.5 Å². The van der Waals surface area contributed by atoms with E-state index in [0.29, 0.717) is 6.42 Å². The second kappa shape index (κ2) is 8.69. The smallest absolute Gasteiger partial charge is 0.410 e. The molecule has 0 saturated carbocycles. The van der Waals surface area contributed by atoms with E-state index in [4.69, 9.17) is 10.6 Å². The van der Waals surface area contributed by atoms with Gasteiger partial charge < -0.3 is 4.74 Å². The van der Waals surface area contributed by atoms with Crippen molar-refractivity contribution in [3.8, 4) is 0 Å². The Kier molecular flexibility index (Phi) is 6.33. The van der Waals surface area contributed by atoms with Crippen molar-refractivity contribution in [2.75, 3.05) is 7.05 Å². The Bertz CT molecular complexity index is 662. The Morgan fingerprint density at radius 1 is 1.04 bits per heavy atom. The number of carbonyl (C=O) groups excluding carboxylic acids is 2.